The van der Waals surface area contributed by atoms with Crippen LogP contribution >= 0.6 is 0 Å². The maximum Gasteiger partial charge on any atom is 0.251 e. The van der Waals surface area contributed by atoms with Crippen molar-refractivity contribution in [2.75, 3.05) is 18.4 Å². The highest BCUT2D eigenvalue weighted by Crippen LogP contribution is 2.16. The van der Waals surface area contributed by atoms with Gasteiger partial charge in [-0.05, 0) is 25.5 Å². The molecule has 0 aliphatic carbocycles. The molecule has 1 fully saturated rings. The molecule has 3 heterocycles. The summed E-state index contributed by atoms with van der Waals surface area (Å²) >= 11 is 0. The Balaban J connectivity index is 1.92. The van der Waals surface area contributed by atoms with Crippen LogP contribution in [0, 0.1) is 0 Å². The van der Waals surface area contributed by atoms with Crippen LogP contribution < -0.4 is 16.4 Å². The smallest absolute Gasteiger partial charge is 0.251 e. The van der Waals surface area contributed by atoms with Crippen LogP contribution in [0.1, 0.15) is 23.2 Å². The summed E-state index contributed by atoms with van der Waals surface area (Å²) in [4.78, 5) is 24.2. The first-order chi connectivity index (χ1) is 9.74. The Kier molecular flexibility index (Phi) is 3.42. The van der Waals surface area contributed by atoms with E-state index in [1.807, 2.05) is 0 Å². The van der Waals surface area contributed by atoms with Crippen LogP contribution in [0.5, 0.6) is 0 Å². The highest BCUT2D eigenvalue weighted by Gasteiger charge is 2.15. The topological polar surface area (TPSA) is 106 Å². The molecule has 7 heteroatoms. The molecule has 4 N–H and O–H groups in total. The zero-order valence-corrected chi connectivity index (χ0v) is 11.0. The van der Waals surface area contributed by atoms with E-state index in [0.717, 1.165) is 25.9 Å². The molecular weight excluding hydrogens is 256 g/mol. The number of carbonyl (C=O) groups excluding carboxylic acids is 1. The van der Waals surface area contributed by atoms with E-state index in [9.17, 15) is 4.79 Å². The maximum absolute atomic E-state index is 11.4. The highest BCUT2D eigenvalue weighted by molar-refractivity contribution is 6.03. The van der Waals surface area contributed by atoms with Crippen molar-refractivity contribution in [2.24, 2.45) is 5.73 Å². The minimum absolute atomic E-state index is 0.301. The maximum atomic E-state index is 11.4. The molecule has 2 aromatic rings. The molecule has 7 nitrogen and oxygen atoms in total. The van der Waals surface area contributed by atoms with E-state index >= 15 is 0 Å². The molecular formula is C13H16N6O. The average molecular weight is 272 g/mol. The lowest BCUT2D eigenvalue weighted by Gasteiger charge is -2.23. The minimum atomic E-state index is -0.513. The fourth-order valence-corrected chi connectivity index (χ4v) is 2.37. The molecule has 1 saturated heterocycles. The molecule has 1 aliphatic rings. The average Bonchev–Trinajstić information content (AvgIpc) is 2.47. The third-order valence-corrected chi connectivity index (χ3v) is 3.37. The molecule has 1 aliphatic heterocycles. The van der Waals surface area contributed by atoms with Crippen molar-refractivity contribution in [2.45, 2.75) is 18.9 Å². The van der Waals surface area contributed by atoms with E-state index in [0.29, 0.717) is 28.6 Å². The SMILES string of the molecule is NC(=O)c1ccnc2cnc(N[C@H]3CCCNC3)nc12. The first-order valence-corrected chi connectivity index (χ1v) is 6.63. The van der Waals surface area contributed by atoms with Gasteiger partial charge in [-0.25, -0.2) is 9.97 Å². The van der Waals surface area contributed by atoms with Crippen molar-refractivity contribution in [1.29, 1.82) is 0 Å². The van der Waals surface area contributed by atoms with Gasteiger partial charge < -0.3 is 16.4 Å². The number of piperidine rings is 1. The van der Waals surface area contributed by atoms with Crippen LogP contribution in [0.25, 0.3) is 11.0 Å². The minimum Gasteiger partial charge on any atom is -0.366 e. The largest absolute Gasteiger partial charge is 0.366 e. The summed E-state index contributed by atoms with van der Waals surface area (Å²) in [5.74, 6) is -0.0110. The number of aromatic nitrogens is 3. The van der Waals surface area contributed by atoms with Crippen molar-refractivity contribution in [1.82, 2.24) is 20.3 Å². The summed E-state index contributed by atoms with van der Waals surface area (Å²) in [5.41, 5.74) is 6.77. The van der Waals surface area contributed by atoms with Gasteiger partial charge in [-0.2, -0.15) is 0 Å². The molecule has 104 valence electrons. The van der Waals surface area contributed by atoms with Gasteiger partial charge in [-0.1, -0.05) is 0 Å². The number of nitrogens with one attached hydrogen (secondary N) is 2. The Bertz CT molecular complexity index is 638. The Morgan fingerprint density at radius 1 is 1.45 bits per heavy atom. The fraction of sp³-hybridized carbons (Fsp3) is 0.385. The Hall–Kier alpha value is -2.28. The van der Waals surface area contributed by atoms with Gasteiger partial charge >= 0.3 is 0 Å². The normalized spacial score (nSPS) is 18.9. The van der Waals surface area contributed by atoms with E-state index in [2.05, 4.69) is 25.6 Å². The van der Waals surface area contributed by atoms with Gasteiger partial charge in [0.15, 0.2) is 0 Å². The number of amides is 1. The third-order valence-electron chi connectivity index (χ3n) is 3.37. The standard InChI is InChI=1S/C13H16N6O/c14-12(20)9-3-5-16-10-7-17-13(19-11(9)10)18-8-2-1-4-15-6-8/h3,5,7-8,15H,1-2,4,6H2,(H2,14,20)(H,17,18,19)/t8-/m0/s1. The molecule has 2 aromatic heterocycles. The van der Waals surface area contributed by atoms with Crippen molar-refractivity contribution in [3.63, 3.8) is 0 Å². The molecule has 1 atom stereocenters. The van der Waals surface area contributed by atoms with Gasteiger partial charge in [0, 0.05) is 18.8 Å². The summed E-state index contributed by atoms with van der Waals surface area (Å²) in [6.07, 6.45) is 5.33. The lowest BCUT2D eigenvalue weighted by Crippen LogP contribution is -2.38. The number of hydrogen-bond donors (Lipinski definition) is 3. The van der Waals surface area contributed by atoms with Crippen LogP contribution in [0.15, 0.2) is 18.5 Å². The van der Waals surface area contributed by atoms with E-state index < -0.39 is 5.91 Å². The second-order valence-electron chi connectivity index (χ2n) is 4.84. The Morgan fingerprint density at radius 3 is 3.10 bits per heavy atom. The molecule has 0 bridgehead atoms. The predicted octanol–water partition coefficient (Wildman–Crippen LogP) is 0.288. The van der Waals surface area contributed by atoms with Crippen LogP contribution in [-0.2, 0) is 0 Å². The Morgan fingerprint density at radius 2 is 2.35 bits per heavy atom. The monoisotopic (exact) mass is 272 g/mol. The molecule has 0 unspecified atom stereocenters. The third kappa shape index (κ3) is 2.53. The summed E-state index contributed by atoms with van der Waals surface area (Å²) in [7, 11) is 0. The zero-order chi connectivity index (χ0) is 13.9. The van der Waals surface area contributed by atoms with Crippen molar-refractivity contribution in [3.05, 3.63) is 24.0 Å². The van der Waals surface area contributed by atoms with Gasteiger partial charge in [0.25, 0.3) is 5.91 Å². The number of nitrogens with zero attached hydrogens (tertiary/aromatic N) is 3. The van der Waals surface area contributed by atoms with Gasteiger partial charge in [-0.15, -0.1) is 0 Å². The van der Waals surface area contributed by atoms with Crippen LogP contribution in [-0.4, -0.2) is 40.0 Å². The summed E-state index contributed by atoms with van der Waals surface area (Å²) in [6, 6.07) is 1.87. The first-order valence-electron chi connectivity index (χ1n) is 6.63. The van der Waals surface area contributed by atoms with Crippen molar-refractivity contribution >= 4 is 22.9 Å². The molecule has 1 amide bonds. The first kappa shape index (κ1) is 12.7. The summed E-state index contributed by atoms with van der Waals surface area (Å²) in [6.45, 7) is 1.93. The van der Waals surface area contributed by atoms with Gasteiger partial charge in [0.1, 0.15) is 11.0 Å². The lowest BCUT2D eigenvalue weighted by molar-refractivity contribution is 0.100. The van der Waals surface area contributed by atoms with E-state index in [4.69, 9.17) is 5.73 Å². The number of fused-ring (bicyclic) bond motifs is 1. The highest BCUT2D eigenvalue weighted by atomic mass is 16.1. The van der Waals surface area contributed by atoms with Crippen molar-refractivity contribution in [3.8, 4) is 0 Å². The lowest BCUT2D eigenvalue weighted by atomic mass is 10.1. The molecule has 0 radical (unpaired) electrons. The van der Waals surface area contributed by atoms with E-state index in [1.54, 1.807) is 12.3 Å². The van der Waals surface area contributed by atoms with E-state index in [1.165, 1.54) is 6.20 Å². The fourth-order valence-electron chi connectivity index (χ4n) is 2.37. The van der Waals surface area contributed by atoms with Crippen LogP contribution in [0.4, 0.5) is 5.95 Å². The second kappa shape index (κ2) is 5.38. The molecule has 0 saturated carbocycles. The second-order valence-corrected chi connectivity index (χ2v) is 4.84. The van der Waals surface area contributed by atoms with Crippen molar-refractivity contribution < 1.29 is 4.79 Å². The van der Waals surface area contributed by atoms with E-state index in [-0.39, 0.29) is 0 Å². The number of anilines is 1. The summed E-state index contributed by atoms with van der Waals surface area (Å²) < 4.78 is 0. The van der Waals surface area contributed by atoms with Gasteiger partial charge in [0.2, 0.25) is 5.95 Å². The summed E-state index contributed by atoms with van der Waals surface area (Å²) in [5, 5.41) is 6.59. The molecule has 0 spiro atoms. The number of carbonyl (C=O) groups is 1. The van der Waals surface area contributed by atoms with Gasteiger partial charge in [0.05, 0.1) is 11.8 Å². The zero-order valence-electron chi connectivity index (χ0n) is 11.0. The van der Waals surface area contributed by atoms with Crippen LogP contribution in [0.2, 0.25) is 0 Å². The molecule has 20 heavy (non-hydrogen) atoms. The molecule has 0 aromatic carbocycles. The number of hydrogen-bond acceptors (Lipinski definition) is 6. The number of nitrogens with two attached hydrogens (primary N) is 1. The van der Waals surface area contributed by atoms with Gasteiger partial charge in [-0.3, -0.25) is 9.78 Å². The quantitative estimate of drug-likeness (QED) is 0.741. The number of primary amides is 1. The van der Waals surface area contributed by atoms with Crippen LogP contribution in [0.3, 0.4) is 0 Å². The molecule has 3 rings (SSSR count). The predicted molar refractivity (Wildman–Crippen MR) is 75.4 cm³/mol. The number of rotatable bonds is 3. The number of pyridine rings is 1. The Labute approximate surface area is 116 Å².